The van der Waals surface area contributed by atoms with Gasteiger partial charge in [-0.15, -0.1) is 0 Å². The Balaban J connectivity index is 1.93. The summed E-state index contributed by atoms with van der Waals surface area (Å²) in [5, 5.41) is 0.767. The lowest BCUT2D eigenvalue weighted by molar-refractivity contribution is 0.0737. The summed E-state index contributed by atoms with van der Waals surface area (Å²) in [7, 11) is 4.70. The molecule has 0 aliphatic carbocycles. The molecular formula is C20H20F2N2O3. The van der Waals surface area contributed by atoms with Gasteiger partial charge in [-0.3, -0.25) is 4.79 Å². The van der Waals surface area contributed by atoms with Crippen molar-refractivity contribution in [3.63, 3.8) is 0 Å². The van der Waals surface area contributed by atoms with Crippen molar-refractivity contribution in [3.05, 3.63) is 59.3 Å². The van der Waals surface area contributed by atoms with Gasteiger partial charge in [0.05, 0.1) is 25.8 Å². The molecule has 0 saturated heterocycles. The topological polar surface area (TPSA) is 54.6 Å². The van der Waals surface area contributed by atoms with Gasteiger partial charge in [-0.05, 0) is 36.8 Å². The fourth-order valence-electron chi connectivity index (χ4n) is 2.94. The van der Waals surface area contributed by atoms with E-state index >= 15 is 0 Å². The van der Waals surface area contributed by atoms with Crippen LogP contribution in [0.3, 0.4) is 0 Å². The molecule has 0 aliphatic heterocycles. The Hall–Kier alpha value is -3.09. The number of halogens is 2. The maximum atomic E-state index is 13.5. The third kappa shape index (κ3) is 3.45. The van der Waals surface area contributed by atoms with E-state index in [4.69, 9.17) is 9.47 Å². The van der Waals surface area contributed by atoms with E-state index in [1.807, 2.05) is 0 Å². The third-order valence-corrected chi connectivity index (χ3v) is 4.68. The number of aromatic nitrogens is 1. The second-order valence-electron chi connectivity index (χ2n) is 6.24. The maximum absolute atomic E-state index is 13.5. The number of hydrogen-bond donors (Lipinski definition) is 1. The van der Waals surface area contributed by atoms with E-state index in [-0.39, 0.29) is 5.91 Å². The van der Waals surface area contributed by atoms with Crippen LogP contribution in [-0.2, 0) is 0 Å². The van der Waals surface area contributed by atoms with E-state index in [0.29, 0.717) is 28.3 Å². The number of nitrogens with one attached hydrogen (secondary N) is 1. The van der Waals surface area contributed by atoms with Crippen molar-refractivity contribution in [2.24, 2.45) is 0 Å². The minimum absolute atomic E-state index is 0.288. The molecule has 2 aromatic carbocycles. The van der Waals surface area contributed by atoms with Crippen LogP contribution in [0.4, 0.5) is 8.78 Å². The van der Waals surface area contributed by atoms with E-state index in [0.717, 1.165) is 17.5 Å². The smallest absolute Gasteiger partial charge is 0.270 e. The SMILES string of the molecule is COc1cc(OC)c2[nH]c(C(=O)N(C)[C@H](C)c3ccc(F)c(F)c3)cc2c1. The van der Waals surface area contributed by atoms with E-state index < -0.39 is 17.7 Å². The van der Waals surface area contributed by atoms with Gasteiger partial charge in [0, 0.05) is 18.5 Å². The van der Waals surface area contributed by atoms with Crippen LogP contribution in [0.15, 0.2) is 36.4 Å². The fourth-order valence-corrected chi connectivity index (χ4v) is 2.94. The molecule has 1 atom stereocenters. The Labute approximate surface area is 155 Å². The number of fused-ring (bicyclic) bond motifs is 1. The molecule has 142 valence electrons. The number of H-pyrrole nitrogens is 1. The number of carbonyl (C=O) groups excluding carboxylic acids is 1. The standard InChI is InChI=1S/C20H20F2N2O3/c1-11(12-5-6-15(21)16(22)8-12)24(2)20(25)17-9-13-7-14(26-3)10-18(27-4)19(13)23-17/h5-11,23H,1-4H3/t11-/m1/s1. The van der Waals surface area contributed by atoms with Crippen LogP contribution in [0.2, 0.25) is 0 Å². The molecular weight excluding hydrogens is 354 g/mol. The second-order valence-corrected chi connectivity index (χ2v) is 6.24. The van der Waals surface area contributed by atoms with E-state index in [1.165, 1.54) is 18.1 Å². The second kappa shape index (κ2) is 7.26. The Morgan fingerprint density at radius 1 is 1.07 bits per heavy atom. The number of carbonyl (C=O) groups is 1. The molecule has 0 bridgehead atoms. The molecule has 0 unspecified atom stereocenters. The van der Waals surface area contributed by atoms with Crippen molar-refractivity contribution < 1.29 is 23.0 Å². The predicted octanol–water partition coefficient (Wildman–Crippen LogP) is 4.30. The third-order valence-electron chi connectivity index (χ3n) is 4.68. The summed E-state index contributed by atoms with van der Waals surface area (Å²) >= 11 is 0. The summed E-state index contributed by atoms with van der Waals surface area (Å²) < 4.78 is 37.3. The number of amides is 1. The van der Waals surface area contributed by atoms with Gasteiger partial charge in [0.2, 0.25) is 0 Å². The molecule has 7 heteroatoms. The Morgan fingerprint density at radius 2 is 1.81 bits per heavy atom. The van der Waals surface area contributed by atoms with E-state index in [2.05, 4.69) is 4.98 Å². The molecule has 0 saturated carbocycles. The van der Waals surface area contributed by atoms with Gasteiger partial charge < -0.3 is 19.4 Å². The van der Waals surface area contributed by atoms with Gasteiger partial charge in [-0.2, -0.15) is 0 Å². The molecule has 1 heterocycles. The molecule has 1 N–H and O–H groups in total. The number of methoxy groups -OCH3 is 2. The molecule has 5 nitrogen and oxygen atoms in total. The van der Waals surface area contributed by atoms with Gasteiger partial charge in [0.25, 0.3) is 5.91 Å². The summed E-state index contributed by atoms with van der Waals surface area (Å²) in [6.45, 7) is 1.75. The van der Waals surface area contributed by atoms with Crippen molar-refractivity contribution in [2.75, 3.05) is 21.3 Å². The van der Waals surface area contributed by atoms with Crippen LogP contribution >= 0.6 is 0 Å². The number of benzene rings is 2. The quantitative estimate of drug-likeness (QED) is 0.725. The highest BCUT2D eigenvalue weighted by atomic mass is 19.2. The molecule has 27 heavy (non-hydrogen) atoms. The number of ether oxygens (including phenoxy) is 2. The van der Waals surface area contributed by atoms with Gasteiger partial charge in [0.15, 0.2) is 11.6 Å². The summed E-state index contributed by atoms with van der Waals surface area (Å²) in [5.41, 5.74) is 1.53. The Bertz CT molecular complexity index is 1000. The molecule has 0 radical (unpaired) electrons. The van der Waals surface area contributed by atoms with Crippen LogP contribution in [0.5, 0.6) is 11.5 Å². The van der Waals surface area contributed by atoms with Crippen LogP contribution in [0.25, 0.3) is 10.9 Å². The van der Waals surface area contributed by atoms with Crippen molar-refractivity contribution in [2.45, 2.75) is 13.0 Å². The first kappa shape index (κ1) is 18.7. The van der Waals surface area contributed by atoms with Crippen LogP contribution < -0.4 is 9.47 Å². The van der Waals surface area contributed by atoms with E-state index in [1.54, 1.807) is 39.3 Å². The molecule has 1 aromatic heterocycles. The van der Waals surface area contributed by atoms with Gasteiger partial charge in [-0.1, -0.05) is 6.07 Å². The molecule has 0 spiro atoms. The highest BCUT2D eigenvalue weighted by Crippen LogP contribution is 2.32. The number of rotatable bonds is 5. The minimum atomic E-state index is -0.942. The molecule has 3 aromatic rings. The van der Waals surface area contributed by atoms with Crippen molar-refractivity contribution in [1.29, 1.82) is 0 Å². The van der Waals surface area contributed by atoms with Gasteiger partial charge in [0.1, 0.15) is 17.2 Å². The number of nitrogens with zero attached hydrogens (tertiary/aromatic N) is 1. The van der Waals surface area contributed by atoms with Crippen molar-refractivity contribution in [1.82, 2.24) is 9.88 Å². The molecule has 1 amide bonds. The summed E-state index contributed by atoms with van der Waals surface area (Å²) in [6.07, 6.45) is 0. The molecule has 3 rings (SSSR count). The zero-order valence-electron chi connectivity index (χ0n) is 15.5. The normalized spacial score (nSPS) is 12.1. The monoisotopic (exact) mass is 374 g/mol. The zero-order chi connectivity index (χ0) is 19.7. The van der Waals surface area contributed by atoms with Gasteiger partial charge in [-0.25, -0.2) is 8.78 Å². The lowest BCUT2D eigenvalue weighted by atomic mass is 10.1. The van der Waals surface area contributed by atoms with Gasteiger partial charge >= 0.3 is 0 Å². The first-order chi connectivity index (χ1) is 12.8. The number of aromatic amines is 1. The fraction of sp³-hybridized carbons (Fsp3) is 0.250. The van der Waals surface area contributed by atoms with Crippen LogP contribution in [-0.4, -0.2) is 37.1 Å². The highest BCUT2D eigenvalue weighted by molar-refractivity contribution is 6.00. The first-order valence-electron chi connectivity index (χ1n) is 8.32. The number of hydrogen-bond acceptors (Lipinski definition) is 3. The lowest BCUT2D eigenvalue weighted by Gasteiger charge is -2.25. The summed E-state index contributed by atoms with van der Waals surface area (Å²) in [6, 6.07) is 8.39. The van der Waals surface area contributed by atoms with E-state index in [9.17, 15) is 13.6 Å². The first-order valence-corrected chi connectivity index (χ1v) is 8.32. The predicted molar refractivity (Wildman–Crippen MR) is 98.3 cm³/mol. The Morgan fingerprint density at radius 3 is 2.44 bits per heavy atom. The zero-order valence-corrected chi connectivity index (χ0v) is 15.5. The average Bonchev–Trinajstić information content (AvgIpc) is 3.11. The van der Waals surface area contributed by atoms with Crippen molar-refractivity contribution in [3.8, 4) is 11.5 Å². The Kier molecular flexibility index (Phi) is 5.03. The lowest BCUT2D eigenvalue weighted by Crippen LogP contribution is -2.30. The molecule has 0 fully saturated rings. The van der Waals surface area contributed by atoms with Crippen LogP contribution in [0.1, 0.15) is 29.0 Å². The average molecular weight is 374 g/mol. The van der Waals surface area contributed by atoms with Crippen LogP contribution in [0, 0.1) is 11.6 Å². The van der Waals surface area contributed by atoms with Crippen molar-refractivity contribution >= 4 is 16.8 Å². The summed E-state index contributed by atoms with van der Waals surface area (Å²) in [5.74, 6) is -0.982. The summed E-state index contributed by atoms with van der Waals surface area (Å²) in [4.78, 5) is 17.4. The highest BCUT2D eigenvalue weighted by Gasteiger charge is 2.22. The maximum Gasteiger partial charge on any atom is 0.270 e. The largest absolute Gasteiger partial charge is 0.497 e. The molecule has 0 aliphatic rings. The minimum Gasteiger partial charge on any atom is -0.497 e.